The smallest absolute Gasteiger partial charge is 0.339 e. The van der Waals surface area contributed by atoms with E-state index in [0.29, 0.717) is 17.8 Å². The minimum atomic E-state index is -0.489. The molecule has 3 nitrogen and oxygen atoms in total. The summed E-state index contributed by atoms with van der Waals surface area (Å²) in [6, 6.07) is 11.9. The summed E-state index contributed by atoms with van der Waals surface area (Å²) >= 11 is 0. The number of carbonyl (C=O) groups is 1. The van der Waals surface area contributed by atoms with E-state index in [1.54, 1.807) is 0 Å². The molecule has 0 spiro atoms. The summed E-state index contributed by atoms with van der Waals surface area (Å²) in [6.45, 7) is 2.52. The number of methoxy groups -OCH3 is 1. The van der Waals surface area contributed by atoms with Crippen LogP contribution < -0.4 is 5.32 Å². The van der Waals surface area contributed by atoms with Crippen molar-refractivity contribution < 1.29 is 13.9 Å². The molecule has 1 N–H and O–H groups in total. The third kappa shape index (κ3) is 3.35. The summed E-state index contributed by atoms with van der Waals surface area (Å²) in [7, 11) is 1.30. The van der Waals surface area contributed by atoms with Crippen LogP contribution in [0.4, 0.5) is 10.1 Å². The van der Waals surface area contributed by atoms with E-state index in [9.17, 15) is 9.18 Å². The molecule has 2 aromatic carbocycles. The summed E-state index contributed by atoms with van der Waals surface area (Å²) < 4.78 is 18.0. The highest BCUT2D eigenvalue weighted by molar-refractivity contribution is 5.95. The average molecular weight is 273 g/mol. The molecular weight excluding hydrogens is 257 g/mol. The molecule has 0 aliphatic carbocycles. The van der Waals surface area contributed by atoms with Gasteiger partial charge in [-0.2, -0.15) is 0 Å². The molecule has 20 heavy (non-hydrogen) atoms. The second-order valence-electron chi connectivity index (χ2n) is 4.52. The lowest BCUT2D eigenvalue weighted by Crippen LogP contribution is -2.08. The zero-order chi connectivity index (χ0) is 14.5. The molecule has 104 valence electrons. The number of anilines is 1. The largest absolute Gasteiger partial charge is 0.465 e. The van der Waals surface area contributed by atoms with Gasteiger partial charge in [0.1, 0.15) is 5.82 Å². The highest BCUT2D eigenvalue weighted by Crippen LogP contribution is 2.19. The van der Waals surface area contributed by atoms with E-state index in [0.717, 1.165) is 5.56 Å². The van der Waals surface area contributed by atoms with Crippen molar-refractivity contribution in [3.63, 3.8) is 0 Å². The Labute approximate surface area is 117 Å². The molecule has 0 aliphatic heterocycles. The molecule has 0 saturated heterocycles. The number of rotatable bonds is 4. The Kier molecular flexibility index (Phi) is 4.35. The van der Waals surface area contributed by atoms with Gasteiger partial charge in [0.2, 0.25) is 0 Å². The van der Waals surface area contributed by atoms with Crippen LogP contribution >= 0.6 is 0 Å². The molecule has 0 saturated carbocycles. The maximum atomic E-state index is 13.3. The number of carbonyl (C=O) groups excluding carboxylic acids is 1. The predicted octanol–water partition coefficient (Wildman–Crippen LogP) is 3.53. The average Bonchev–Trinajstić information content (AvgIpc) is 2.46. The molecule has 0 heterocycles. The van der Waals surface area contributed by atoms with Gasteiger partial charge in [0.15, 0.2) is 0 Å². The maximum Gasteiger partial charge on any atom is 0.339 e. The first kappa shape index (κ1) is 14.1. The molecule has 0 fully saturated rings. The quantitative estimate of drug-likeness (QED) is 0.866. The van der Waals surface area contributed by atoms with Crippen LogP contribution in [0.15, 0.2) is 42.5 Å². The molecule has 2 rings (SSSR count). The number of esters is 1. The van der Waals surface area contributed by atoms with Gasteiger partial charge in [-0.3, -0.25) is 0 Å². The first-order valence-electron chi connectivity index (χ1n) is 6.27. The van der Waals surface area contributed by atoms with E-state index < -0.39 is 11.8 Å². The molecular formula is C16H16FNO2. The van der Waals surface area contributed by atoms with Crippen LogP contribution in [0.3, 0.4) is 0 Å². The van der Waals surface area contributed by atoms with Crippen molar-refractivity contribution in [3.8, 4) is 0 Å². The minimum Gasteiger partial charge on any atom is -0.465 e. The zero-order valence-corrected chi connectivity index (χ0v) is 11.4. The molecule has 0 atom stereocenters. The van der Waals surface area contributed by atoms with Gasteiger partial charge in [-0.05, 0) is 30.7 Å². The number of benzene rings is 2. The highest BCUT2D eigenvalue weighted by Gasteiger charge is 2.12. The van der Waals surface area contributed by atoms with Gasteiger partial charge in [0.25, 0.3) is 0 Å². The molecule has 4 heteroatoms. The fourth-order valence-corrected chi connectivity index (χ4v) is 1.85. The molecule has 0 bridgehead atoms. The first-order valence-corrected chi connectivity index (χ1v) is 6.27. The Hall–Kier alpha value is -2.36. The summed E-state index contributed by atoms with van der Waals surface area (Å²) in [5.41, 5.74) is 2.98. The van der Waals surface area contributed by atoms with Gasteiger partial charge in [-0.25, -0.2) is 9.18 Å². The van der Waals surface area contributed by atoms with Crippen molar-refractivity contribution in [1.29, 1.82) is 0 Å². The predicted molar refractivity (Wildman–Crippen MR) is 76.2 cm³/mol. The number of aryl methyl sites for hydroxylation is 1. The van der Waals surface area contributed by atoms with Crippen LogP contribution in [0.5, 0.6) is 0 Å². The summed E-state index contributed by atoms with van der Waals surface area (Å²) in [6.07, 6.45) is 0. The van der Waals surface area contributed by atoms with Gasteiger partial charge in [0, 0.05) is 6.54 Å². The number of hydrogen-bond acceptors (Lipinski definition) is 3. The van der Waals surface area contributed by atoms with Gasteiger partial charge in [-0.15, -0.1) is 0 Å². The molecule has 2 aromatic rings. The zero-order valence-electron chi connectivity index (χ0n) is 11.4. The molecule has 0 unspecified atom stereocenters. The number of halogens is 1. The van der Waals surface area contributed by atoms with Crippen LogP contribution in [0, 0.1) is 12.7 Å². The summed E-state index contributed by atoms with van der Waals surface area (Å²) in [5.74, 6) is -0.888. The summed E-state index contributed by atoms with van der Waals surface area (Å²) in [4.78, 5) is 11.6. The van der Waals surface area contributed by atoms with Crippen molar-refractivity contribution >= 4 is 11.7 Å². The van der Waals surface area contributed by atoms with Crippen molar-refractivity contribution in [2.45, 2.75) is 13.5 Å². The standard InChI is InChI=1S/C16H16FNO2/c1-11-3-5-12(6-4-11)10-18-15-9-13(17)7-8-14(15)16(19)20-2/h3-9,18H,10H2,1-2H3. The monoisotopic (exact) mass is 273 g/mol. The van der Waals surface area contributed by atoms with Crippen LogP contribution in [-0.2, 0) is 11.3 Å². The van der Waals surface area contributed by atoms with E-state index >= 15 is 0 Å². The lowest BCUT2D eigenvalue weighted by molar-refractivity contribution is 0.0602. The maximum absolute atomic E-state index is 13.3. The van der Waals surface area contributed by atoms with Crippen molar-refractivity contribution in [2.24, 2.45) is 0 Å². The molecule has 0 aliphatic rings. The SMILES string of the molecule is COC(=O)c1ccc(F)cc1NCc1ccc(C)cc1. The van der Waals surface area contributed by atoms with E-state index in [1.165, 1.54) is 30.9 Å². The second kappa shape index (κ2) is 6.19. The van der Waals surface area contributed by atoms with Gasteiger partial charge < -0.3 is 10.1 Å². The number of hydrogen-bond donors (Lipinski definition) is 1. The lowest BCUT2D eigenvalue weighted by atomic mass is 10.1. The second-order valence-corrected chi connectivity index (χ2v) is 4.52. The van der Waals surface area contributed by atoms with Crippen LogP contribution in [0.2, 0.25) is 0 Å². The van der Waals surface area contributed by atoms with E-state index in [2.05, 4.69) is 10.1 Å². The number of nitrogens with one attached hydrogen (secondary N) is 1. The third-order valence-corrected chi connectivity index (χ3v) is 2.99. The van der Waals surface area contributed by atoms with Gasteiger partial charge in [0.05, 0.1) is 18.4 Å². The highest BCUT2D eigenvalue weighted by atomic mass is 19.1. The summed E-state index contributed by atoms with van der Waals surface area (Å²) in [5, 5.41) is 3.06. The van der Waals surface area contributed by atoms with Crippen molar-refractivity contribution in [1.82, 2.24) is 0 Å². The van der Waals surface area contributed by atoms with E-state index in [4.69, 9.17) is 0 Å². The van der Waals surface area contributed by atoms with Gasteiger partial charge >= 0.3 is 5.97 Å². The Morgan fingerprint density at radius 1 is 1.20 bits per heavy atom. The van der Waals surface area contributed by atoms with Crippen LogP contribution in [-0.4, -0.2) is 13.1 Å². The van der Waals surface area contributed by atoms with E-state index in [-0.39, 0.29) is 0 Å². The Bertz CT molecular complexity index is 608. The normalized spacial score (nSPS) is 10.2. The topological polar surface area (TPSA) is 38.3 Å². The molecule has 0 aromatic heterocycles. The third-order valence-electron chi connectivity index (χ3n) is 2.99. The van der Waals surface area contributed by atoms with Crippen molar-refractivity contribution in [3.05, 3.63) is 65.0 Å². The number of ether oxygens (including phenoxy) is 1. The Morgan fingerprint density at radius 3 is 2.55 bits per heavy atom. The van der Waals surface area contributed by atoms with Crippen LogP contribution in [0.25, 0.3) is 0 Å². The first-order chi connectivity index (χ1) is 9.60. The van der Waals surface area contributed by atoms with Crippen LogP contribution in [0.1, 0.15) is 21.5 Å². The minimum absolute atomic E-state index is 0.320. The molecule has 0 amide bonds. The van der Waals surface area contributed by atoms with Gasteiger partial charge in [-0.1, -0.05) is 29.8 Å². The van der Waals surface area contributed by atoms with E-state index in [1.807, 2.05) is 31.2 Å². The van der Waals surface area contributed by atoms with Crippen molar-refractivity contribution in [2.75, 3.05) is 12.4 Å². The molecule has 0 radical (unpaired) electrons. The Balaban J connectivity index is 2.17. The lowest BCUT2D eigenvalue weighted by Gasteiger charge is -2.11. The Morgan fingerprint density at radius 2 is 1.90 bits per heavy atom. The fraction of sp³-hybridized carbons (Fsp3) is 0.188. The fourth-order valence-electron chi connectivity index (χ4n) is 1.85.